The van der Waals surface area contributed by atoms with Crippen molar-refractivity contribution in [2.75, 3.05) is 0 Å². The van der Waals surface area contributed by atoms with E-state index in [4.69, 9.17) is 4.74 Å². The highest BCUT2D eigenvalue weighted by Crippen LogP contribution is 2.26. The van der Waals surface area contributed by atoms with Gasteiger partial charge in [-0.2, -0.15) is 0 Å². The Morgan fingerprint density at radius 3 is 2.43 bits per heavy atom. The molecule has 1 aromatic carbocycles. The summed E-state index contributed by atoms with van der Waals surface area (Å²) in [5, 5.41) is 0. The highest BCUT2D eigenvalue weighted by Gasteiger charge is 2.11. The van der Waals surface area contributed by atoms with Crippen LogP contribution in [-0.2, 0) is 0 Å². The molecule has 0 fully saturated rings. The molecule has 1 rings (SSSR count). The zero-order valence-electron chi connectivity index (χ0n) is 13.0. The summed E-state index contributed by atoms with van der Waals surface area (Å²) in [7, 11) is 0. The van der Waals surface area contributed by atoms with Crippen LogP contribution in [0.15, 0.2) is 54.4 Å². The minimum atomic E-state index is -1.00. The van der Waals surface area contributed by atoms with E-state index in [2.05, 4.69) is 6.58 Å². The van der Waals surface area contributed by atoms with Gasteiger partial charge in [-0.05, 0) is 62.6 Å². The van der Waals surface area contributed by atoms with Gasteiger partial charge in [0.2, 0.25) is 0 Å². The van der Waals surface area contributed by atoms with Gasteiger partial charge in [-0.15, -0.1) is 0 Å². The number of ether oxygens (including phenoxy) is 1. The zero-order valence-corrected chi connectivity index (χ0v) is 13.0. The number of hydrogen-bond acceptors (Lipinski definition) is 1. The van der Waals surface area contributed by atoms with Crippen LogP contribution in [0.1, 0.15) is 38.1 Å². The van der Waals surface area contributed by atoms with Crippen LogP contribution in [0.25, 0.3) is 0 Å². The second kappa shape index (κ2) is 7.77. The molecule has 1 nitrogen and oxygen atoms in total. The van der Waals surface area contributed by atoms with E-state index in [1.165, 1.54) is 13.0 Å². The van der Waals surface area contributed by atoms with Gasteiger partial charge in [-0.1, -0.05) is 24.8 Å². The Balaban J connectivity index is 2.87. The van der Waals surface area contributed by atoms with Crippen molar-refractivity contribution in [3.05, 3.63) is 65.5 Å². The van der Waals surface area contributed by atoms with Gasteiger partial charge in [0.15, 0.2) is 0 Å². The average Bonchev–Trinajstić information content (AvgIpc) is 2.41. The van der Waals surface area contributed by atoms with Gasteiger partial charge in [0.1, 0.15) is 23.9 Å². The molecule has 114 valence electrons. The first-order chi connectivity index (χ1) is 9.85. The number of benzene rings is 1. The molecule has 0 spiro atoms. The van der Waals surface area contributed by atoms with E-state index in [-0.39, 0.29) is 6.10 Å². The fourth-order valence-corrected chi connectivity index (χ4v) is 1.96. The first-order valence-corrected chi connectivity index (χ1v) is 6.95. The highest BCUT2D eigenvalue weighted by atomic mass is 19.1. The van der Waals surface area contributed by atoms with Crippen molar-refractivity contribution in [1.29, 1.82) is 0 Å². The summed E-state index contributed by atoms with van der Waals surface area (Å²) in [4.78, 5) is 0. The van der Waals surface area contributed by atoms with Gasteiger partial charge < -0.3 is 4.74 Å². The zero-order chi connectivity index (χ0) is 16.0. The second-order valence-corrected chi connectivity index (χ2v) is 4.97. The first kappa shape index (κ1) is 17.2. The van der Waals surface area contributed by atoms with Crippen LogP contribution in [0, 0.1) is 6.92 Å². The molecule has 0 bridgehead atoms. The van der Waals surface area contributed by atoms with E-state index in [9.17, 15) is 8.78 Å². The predicted molar refractivity (Wildman–Crippen MR) is 83.9 cm³/mol. The van der Waals surface area contributed by atoms with Crippen LogP contribution in [0.3, 0.4) is 0 Å². The van der Waals surface area contributed by atoms with Crippen LogP contribution in [-0.4, -0.2) is 6.10 Å². The fourth-order valence-electron chi connectivity index (χ4n) is 1.96. The maximum atomic E-state index is 13.3. The third kappa shape index (κ3) is 5.18. The Hall–Kier alpha value is -1.90. The minimum absolute atomic E-state index is 0.238. The van der Waals surface area contributed by atoms with Gasteiger partial charge in [-0.3, -0.25) is 0 Å². The Kier molecular flexibility index (Phi) is 6.35. The van der Waals surface area contributed by atoms with Gasteiger partial charge >= 0.3 is 0 Å². The molecule has 21 heavy (non-hydrogen) atoms. The Morgan fingerprint density at radius 1 is 1.29 bits per heavy atom. The summed E-state index contributed by atoms with van der Waals surface area (Å²) in [6, 6.07) is 5.26. The normalized spacial score (nSPS) is 15.0. The number of rotatable bonds is 6. The molecule has 1 aromatic rings. The second-order valence-electron chi connectivity index (χ2n) is 4.97. The standard InChI is InChI=1S/C18H22F2O/c1-6-16(8-7-13(3)19)15(5)21-18-10-9-17(14(4)20)11-12(18)2/h6-11,14-15H,3H2,1-2,4-5H3/b8-7-,16-6+. The van der Waals surface area contributed by atoms with Crippen LogP contribution in [0.4, 0.5) is 8.78 Å². The van der Waals surface area contributed by atoms with E-state index < -0.39 is 12.0 Å². The van der Waals surface area contributed by atoms with E-state index in [0.29, 0.717) is 11.3 Å². The molecule has 0 heterocycles. The van der Waals surface area contributed by atoms with Crippen molar-refractivity contribution >= 4 is 0 Å². The van der Waals surface area contributed by atoms with Gasteiger partial charge in [0.05, 0.1) is 0 Å². The molecule has 2 unspecified atom stereocenters. The molecule has 0 aliphatic carbocycles. The molecular formula is C18H22F2O. The van der Waals surface area contributed by atoms with Crippen LogP contribution in [0.5, 0.6) is 5.75 Å². The Morgan fingerprint density at radius 2 is 1.95 bits per heavy atom. The summed E-state index contributed by atoms with van der Waals surface area (Å²) in [5.41, 5.74) is 2.35. The lowest BCUT2D eigenvalue weighted by Crippen LogP contribution is -2.14. The van der Waals surface area contributed by atoms with Crippen LogP contribution >= 0.6 is 0 Å². The first-order valence-electron chi connectivity index (χ1n) is 6.95. The largest absolute Gasteiger partial charge is 0.486 e. The summed E-state index contributed by atoms with van der Waals surface area (Å²) >= 11 is 0. The molecule has 0 N–H and O–H groups in total. The molecule has 0 radical (unpaired) electrons. The molecular weight excluding hydrogens is 270 g/mol. The molecule has 0 saturated heterocycles. The Bertz CT molecular complexity index is 556. The molecule has 0 aromatic heterocycles. The van der Waals surface area contributed by atoms with Crippen molar-refractivity contribution in [2.24, 2.45) is 0 Å². The molecule has 0 saturated carbocycles. The maximum Gasteiger partial charge on any atom is 0.123 e. The summed E-state index contributed by atoms with van der Waals surface area (Å²) in [6.45, 7) is 10.3. The van der Waals surface area contributed by atoms with Crippen LogP contribution in [0.2, 0.25) is 0 Å². The maximum absolute atomic E-state index is 13.3. The summed E-state index contributed by atoms with van der Waals surface area (Å²) < 4.78 is 31.8. The summed E-state index contributed by atoms with van der Waals surface area (Å²) in [6.07, 6.45) is 3.56. The minimum Gasteiger partial charge on any atom is -0.486 e. The lowest BCUT2D eigenvalue weighted by molar-refractivity contribution is 0.259. The van der Waals surface area contributed by atoms with Crippen molar-refractivity contribution in [3.8, 4) is 5.75 Å². The van der Waals surface area contributed by atoms with Gasteiger partial charge in [0, 0.05) is 0 Å². The summed E-state index contributed by atoms with van der Waals surface area (Å²) in [5.74, 6) is 0.192. The third-order valence-corrected chi connectivity index (χ3v) is 3.22. The lowest BCUT2D eigenvalue weighted by Gasteiger charge is -2.18. The van der Waals surface area contributed by atoms with Gasteiger partial charge in [-0.25, -0.2) is 8.78 Å². The lowest BCUT2D eigenvalue weighted by atomic mass is 10.1. The third-order valence-electron chi connectivity index (χ3n) is 3.22. The smallest absolute Gasteiger partial charge is 0.123 e. The predicted octanol–water partition coefficient (Wildman–Crippen LogP) is 5.78. The SMILES string of the molecule is C=C(F)/C=C\C(=C/C)C(C)Oc1ccc(C(C)F)cc1C. The number of hydrogen-bond donors (Lipinski definition) is 0. The molecule has 2 atom stereocenters. The Labute approximate surface area is 125 Å². The molecule has 3 heteroatoms. The van der Waals surface area contributed by atoms with Crippen LogP contribution < -0.4 is 4.74 Å². The molecule has 0 amide bonds. The van der Waals surface area contributed by atoms with Crippen molar-refractivity contribution in [2.45, 2.75) is 40.0 Å². The number of aryl methyl sites for hydroxylation is 1. The molecule has 0 aliphatic heterocycles. The van der Waals surface area contributed by atoms with Crippen molar-refractivity contribution in [1.82, 2.24) is 0 Å². The van der Waals surface area contributed by atoms with E-state index >= 15 is 0 Å². The van der Waals surface area contributed by atoms with Crippen molar-refractivity contribution in [3.63, 3.8) is 0 Å². The average molecular weight is 292 g/mol. The quantitative estimate of drug-likeness (QED) is 0.604. The molecule has 0 aliphatic rings. The highest BCUT2D eigenvalue weighted by molar-refractivity contribution is 5.38. The van der Waals surface area contributed by atoms with E-state index in [0.717, 1.165) is 11.1 Å². The topological polar surface area (TPSA) is 9.23 Å². The number of allylic oxidation sites excluding steroid dienone is 3. The van der Waals surface area contributed by atoms with Crippen molar-refractivity contribution < 1.29 is 13.5 Å². The monoisotopic (exact) mass is 292 g/mol. The number of alkyl halides is 1. The van der Waals surface area contributed by atoms with E-state index in [1.54, 1.807) is 24.3 Å². The number of halogens is 2. The van der Waals surface area contributed by atoms with E-state index in [1.807, 2.05) is 26.8 Å². The van der Waals surface area contributed by atoms with Gasteiger partial charge in [0.25, 0.3) is 0 Å². The fraction of sp³-hybridized carbons (Fsp3) is 0.333.